The van der Waals surface area contributed by atoms with Gasteiger partial charge in [0.05, 0.1) is 0 Å². The fraction of sp³-hybridized carbons (Fsp3) is 0.304. The zero-order chi connectivity index (χ0) is 21.4. The maximum atomic E-state index is 12.8. The van der Waals surface area contributed by atoms with Gasteiger partial charge in [0, 0.05) is 43.2 Å². The Labute approximate surface area is 184 Å². The van der Waals surface area contributed by atoms with Gasteiger partial charge < -0.3 is 9.80 Å². The number of hydrogen-bond donors (Lipinski definition) is 1. The topological polar surface area (TPSA) is 78.4 Å². The van der Waals surface area contributed by atoms with Crippen LogP contribution in [0, 0.1) is 0 Å². The summed E-state index contributed by atoms with van der Waals surface area (Å²) in [6, 6.07) is 17.8. The molecule has 7 nitrogen and oxygen atoms in total. The summed E-state index contributed by atoms with van der Waals surface area (Å²) in [7, 11) is 0. The van der Waals surface area contributed by atoms with Gasteiger partial charge in [0.2, 0.25) is 11.0 Å². The Morgan fingerprint density at radius 2 is 1.71 bits per heavy atom. The lowest BCUT2D eigenvalue weighted by Crippen LogP contribution is -2.48. The van der Waals surface area contributed by atoms with Crippen molar-refractivity contribution in [2.24, 2.45) is 0 Å². The van der Waals surface area contributed by atoms with Crippen molar-refractivity contribution in [1.29, 1.82) is 0 Å². The average molecular weight is 434 g/mol. The molecule has 158 valence electrons. The molecule has 1 fully saturated rings. The average Bonchev–Trinajstić information content (AvgIpc) is 3.39. The molecule has 0 radical (unpaired) electrons. The molecule has 3 heterocycles. The van der Waals surface area contributed by atoms with Crippen LogP contribution in [0.25, 0.3) is 10.6 Å². The van der Waals surface area contributed by atoms with Gasteiger partial charge in [-0.05, 0) is 24.5 Å². The Balaban J connectivity index is 1.26. The van der Waals surface area contributed by atoms with Crippen LogP contribution < -0.4 is 10.2 Å². The number of rotatable bonds is 2. The summed E-state index contributed by atoms with van der Waals surface area (Å²) in [5, 5.41) is 12.5. The van der Waals surface area contributed by atoms with Crippen molar-refractivity contribution in [2.45, 2.75) is 25.2 Å². The summed E-state index contributed by atoms with van der Waals surface area (Å²) < 4.78 is 0. The predicted molar refractivity (Wildman–Crippen MR) is 121 cm³/mol. The molecule has 0 unspecified atom stereocenters. The summed E-state index contributed by atoms with van der Waals surface area (Å²) in [5.74, 6) is 0.0648. The maximum absolute atomic E-state index is 12.8. The minimum absolute atomic E-state index is 0.0648. The molecule has 0 bridgehead atoms. The van der Waals surface area contributed by atoms with Gasteiger partial charge in [0.1, 0.15) is 5.01 Å². The van der Waals surface area contributed by atoms with Crippen molar-refractivity contribution in [2.75, 3.05) is 29.9 Å². The zero-order valence-corrected chi connectivity index (χ0v) is 18.1. The molecular formula is C23H23N5O2S. The number of nitrogens with zero attached hydrogens (tertiary/aromatic N) is 4. The van der Waals surface area contributed by atoms with E-state index in [1.54, 1.807) is 6.92 Å². The van der Waals surface area contributed by atoms with Crippen LogP contribution in [-0.4, -0.2) is 46.7 Å². The molecule has 0 saturated carbocycles. The van der Waals surface area contributed by atoms with E-state index in [2.05, 4.69) is 21.6 Å². The second-order valence-electron chi connectivity index (χ2n) is 8.10. The molecule has 1 saturated heterocycles. The van der Waals surface area contributed by atoms with Gasteiger partial charge in [-0.25, -0.2) is 4.79 Å². The minimum Gasteiger partial charge on any atom is -0.324 e. The summed E-state index contributed by atoms with van der Waals surface area (Å²) >= 11 is 1.37. The predicted octanol–water partition coefficient (Wildman–Crippen LogP) is 4.14. The van der Waals surface area contributed by atoms with Crippen LogP contribution in [0.15, 0.2) is 54.6 Å². The molecule has 3 aromatic rings. The highest BCUT2D eigenvalue weighted by Gasteiger charge is 2.46. The third kappa shape index (κ3) is 3.57. The Kier molecular flexibility index (Phi) is 4.94. The van der Waals surface area contributed by atoms with Crippen LogP contribution in [0.2, 0.25) is 0 Å². The van der Waals surface area contributed by atoms with E-state index >= 15 is 0 Å². The van der Waals surface area contributed by atoms with Crippen molar-refractivity contribution in [3.63, 3.8) is 0 Å². The Hall–Kier alpha value is -3.26. The molecule has 31 heavy (non-hydrogen) atoms. The number of urea groups is 1. The van der Waals surface area contributed by atoms with E-state index in [1.165, 1.54) is 16.9 Å². The number of anilines is 2. The number of hydrogen-bond acceptors (Lipinski definition) is 5. The summed E-state index contributed by atoms with van der Waals surface area (Å²) in [5.41, 5.74) is 3.13. The van der Waals surface area contributed by atoms with Gasteiger partial charge in [-0.2, -0.15) is 0 Å². The number of para-hydroxylation sites is 1. The van der Waals surface area contributed by atoms with Gasteiger partial charge in [-0.1, -0.05) is 59.9 Å². The highest BCUT2D eigenvalue weighted by molar-refractivity contribution is 7.18. The number of piperidine rings is 1. The van der Waals surface area contributed by atoms with Crippen LogP contribution in [0.4, 0.5) is 15.6 Å². The number of aromatic nitrogens is 2. The summed E-state index contributed by atoms with van der Waals surface area (Å²) in [6.45, 7) is 3.57. The monoisotopic (exact) mass is 433 g/mol. The van der Waals surface area contributed by atoms with Crippen molar-refractivity contribution in [1.82, 2.24) is 15.1 Å². The molecule has 1 spiro atoms. The van der Waals surface area contributed by atoms with Crippen LogP contribution >= 0.6 is 11.3 Å². The van der Waals surface area contributed by atoms with E-state index in [1.807, 2.05) is 58.3 Å². The first-order chi connectivity index (χ1) is 15.1. The Morgan fingerprint density at radius 3 is 2.45 bits per heavy atom. The quantitative estimate of drug-likeness (QED) is 0.659. The molecule has 2 aromatic carbocycles. The lowest BCUT2D eigenvalue weighted by molar-refractivity contribution is -0.116. The number of amides is 3. The molecular weight excluding hydrogens is 410 g/mol. The summed E-state index contributed by atoms with van der Waals surface area (Å²) in [4.78, 5) is 28.7. The smallest absolute Gasteiger partial charge is 0.323 e. The molecule has 1 aromatic heterocycles. The van der Waals surface area contributed by atoms with E-state index in [-0.39, 0.29) is 17.4 Å². The number of carbonyl (C=O) groups excluding carboxylic acids is 2. The standard InChI is InChI=1S/C23H23N5O2S/c1-16(29)28-15-23(18-9-5-6-10-19(18)28)11-13-27(14-12-23)22(30)24-21-26-25-20(31-21)17-7-3-2-4-8-17/h2-10H,11-15H2,1H3,(H,24,26,30). The number of likely N-dealkylation sites (tertiary alicyclic amines) is 1. The van der Waals surface area contributed by atoms with Crippen molar-refractivity contribution < 1.29 is 9.59 Å². The number of benzene rings is 2. The fourth-order valence-electron chi connectivity index (χ4n) is 4.62. The maximum Gasteiger partial charge on any atom is 0.323 e. The van der Waals surface area contributed by atoms with Gasteiger partial charge >= 0.3 is 6.03 Å². The molecule has 2 aliphatic heterocycles. The SMILES string of the molecule is CC(=O)N1CC2(CCN(C(=O)Nc3nnc(-c4ccccc4)s3)CC2)c2ccccc21. The van der Waals surface area contributed by atoms with Crippen molar-refractivity contribution >= 4 is 34.1 Å². The first-order valence-corrected chi connectivity index (χ1v) is 11.2. The van der Waals surface area contributed by atoms with E-state index in [4.69, 9.17) is 0 Å². The molecule has 3 amide bonds. The normalized spacial score (nSPS) is 16.9. The van der Waals surface area contributed by atoms with E-state index in [9.17, 15) is 9.59 Å². The first kappa shape index (κ1) is 19.7. The zero-order valence-electron chi connectivity index (χ0n) is 17.2. The lowest BCUT2D eigenvalue weighted by Gasteiger charge is -2.39. The lowest BCUT2D eigenvalue weighted by atomic mass is 9.74. The molecule has 0 aliphatic carbocycles. The van der Waals surface area contributed by atoms with E-state index in [0.717, 1.165) is 29.1 Å². The van der Waals surface area contributed by atoms with Crippen LogP contribution in [0.5, 0.6) is 0 Å². The van der Waals surface area contributed by atoms with E-state index < -0.39 is 0 Å². The van der Waals surface area contributed by atoms with E-state index in [0.29, 0.717) is 24.8 Å². The Bertz CT molecular complexity index is 1120. The van der Waals surface area contributed by atoms with Gasteiger partial charge in [0.25, 0.3) is 0 Å². The van der Waals surface area contributed by atoms with Gasteiger partial charge in [-0.3, -0.25) is 10.1 Å². The third-order valence-corrected chi connectivity index (χ3v) is 7.16. The fourth-order valence-corrected chi connectivity index (χ4v) is 5.36. The third-order valence-electron chi connectivity index (χ3n) is 6.27. The Morgan fingerprint density at radius 1 is 1.00 bits per heavy atom. The molecule has 1 N–H and O–H groups in total. The highest BCUT2D eigenvalue weighted by atomic mass is 32.1. The first-order valence-electron chi connectivity index (χ1n) is 10.4. The molecule has 0 atom stereocenters. The summed E-state index contributed by atoms with van der Waals surface area (Å²) in [6.07, 6.45) is 1.65. The second kappa shape index (κ2) is 7.77. The van der Waals surface area contributed by atoms with Crippen LogP contribution in [0.3, 0.4) is 0 Å². The molecule has 2 aliphatic rings. The number of fused-ring (bicyclic) bond motifs is 2. The van der Waals surface area contributed by atoms with Crippen LogP contribution in [0.1, 0.15) is 25.3 Å². The van der Waals surface area contributed by atoms with Crippen molar-refractivity contribution in [3.8, 4) is 10.6 Å². The minimum atomic E-state index is -0.152. The number of nitrogens with one attached hydrogen (secondary N) is 1. The second-order valence-corrected chi connectivity index (χ2v) is 9.08. The number of carbonyl (C=O) groups is 2. The highest BCUT2D eigenvalue weighted by Crippen LogP contribution is 2.47. The molecule has 8 heteroatoms. The van der Waals surface area contributed by atoms with Gasteiger partial charge in [-0.15, -0.1) is 10.2 Å². The largest absolute Gasteiger partial charge is 0.324 e. The molecule has 5 rings (SSSR count). The van der Waals surface area contributed by atoms with Crippen LogP contribution in [-0.2, 0) is 10.2 Å². The van der Waals surface area contributed by atoms with Gasteiger partial charge in [0.15, 0.2) is 0 Å². The van der Waals surface area contributed by atoms with Crippen molar-refractivity contribution in [3.05, 3.63) is 60.2 Å².